The highest BCUT2D eigenvalue weighted by atomic mass is 16.4. The molecule has 2 aliphatic rings. The van der Waals surface area contributed by atoms with Gasteiger partial charge >= 0.3 is 12.0 Å². The Hall–Kier alpha value is -1.26. The maximum absolute atomic E-state index is 11.9. The fourth-order valence-electron chi connectivity index (χ4n) is 2.85. The van der Waals surface area contributed by atoms with Crippen LogP contribution < -0.4 is 5.32 Å². The highest BCUT2D eigenvalue weighted by Gasteiger charge is 2.40. The highest BCUT2D eigenvalue weighted by Crippen LogP contribution is 2.36. The van der Waals surface area contributed by atoms with Gasteiger partial charge in [-0.05, 0) is 31.6 Å². The molecule has 2 rings (SSSR count). The molecular weight excluding hydrogens is 244 g/mol. The quantitative estimate of drug-likeness (QED) is 0.802. The molecule has 0 spiro atoms. The first kappa shape index (κ1) is 14.2. The van der Waals surface area contributed by atoms with E-state index in [-0.39, 0.29) is 12.6 Å². The number of carboxylic acid groups (broad SMARTS) is 1. The zero-order valence-corrected chi connectivity index (χ0v) is 11.7. The number of carboxylic acids is 1. The van der Waals surface area contributed by atoms with Gasteiger partial charge in [0.1, 0.15) is 0 Å². The summed E-state index contributed by atoms with van der Waals surface area (Å²) in [4.78, 5) is 25.1. The normalized spacial score (nSPS) is 21.7. The van der Waals surface area contributed by atoms with Crippen LogP contribution in [-0.2, 0) is 4.79 Å². The maximum Gasteiger partial charge on any atom is 0.317 e. The van der Waals surface area contributed by atoms with Gasteiger partial charge in [-0.1, -0.05) is 19.3 Å². The summed E-state index contributed by atoms with van der Waals surface area (Å²) >= 11 is 0. The second-order valence-electron chi connectivity index (χ2n) is 6.13. The number of nitrogens with zero attached hydrogens (tertiary/aromatic N) is 1. The fraction of sp³-hybridized carbons (Fsp3) is 0.857. The third-order valence-electron chi connectivity index (χ3n) is 4.42. The molecule has 0 bridgehead atoms. The zero-order valence-electron chi connectivity index (χ0n) is 11.7. The van der Waals surface area contributed by atoms with Gasteiger partial charge in [-0.25, -0.2) is 4.79 Å². The summed E-state index contributed by atoms with van der Waals surface area (Å²) in [7, 11) is 1.78. The third kappa shape index (κ3) is 3.61. The number of aliphatic carboxylic acids is 1. The van der Waals surface area contributed by atoms with E-state index < -0.39 is 11.4 Å². The van der Waals surface area contributed by atoms with Crippen LogP contribution in [0.2, 0.25) is 0 Å². The van der Waals surface area contributed by atoms with Crippen molar-refractivity contribution in [3.05, 3.63) is 0 Å². The van der Waals surface area contributed by atoms with Gasteiger partial charge in [-0.3, -0.25) is 4.79 Å². The first-order chi connectivity index (χ1) is 9.03. The Balaban J connectivity index is 1.83. The molecule has 0 heterocycles. The van der Waals surface area contributed by atoms with Crippen molar-refractivity contribution in [1.82, 2.24) is 10.2 Å². The maximum atomic E-state index is 11.9. The number of hydrogen-bond donors (Lipinski definition) is 2. The van der Waals surface area contributed by atoms with Crippen LogP contribution in [0.4, 0.5) is 4.79 Å². The molecule has 19 heavy (non-hydrogen) atoms. The van der Waals surface area contributed by atoms with Gasteiger partial charge in [-0.15, -0.1) is 0 Å². The molecule has 0 aromatic heterocycles. The second kappa shape index (κ2) is 5.80. The van der Waals surface area contributed by atoms with Crippen molar-refractivity contribution in [1.29, 1.82) is 0 Å². The predicted octanol–water partition coefficient (Wildman–Crippen LogP) is 2.07. The van der Waals surface area contributed by atoms with E-state index in [1.165, 1.54) is 12.8 Å². The van der Waals surface area contributed by atoms with E-state index in [0.29, 0.717) is 18.8 Å². The summed E-state index contributed by atoms with van der Waals surface area (Å²) in [6, 6.07) is -0.141. The molecule has 2 aliphatic carbocycles. The van der Waals surface area contributed by atoms with E-state index in [4.69, 9.17) is 0 Å². The second-order valence-corrected chi connectivity index (χ2v) is 6.13. The molecule has 0 aromatic carbocycles. The highest BCUT2D eigenvalue weighted by molar-refractivity contribution is 5.78. The van der Waals surface area contributed by atoms with Crippen LogP contribution in [0.3, 0.4) is 0 Å². The van der Waals surface area contributed by atoms with Gasteiger partial charge in [0.05, 0.1) is 5.41 Å². The van der Waals surface area contributed by atoms with Crippen LogP contribution in [0.15, 0.2) is 0 Å². The zero-order chi connectivity index (χ0) is 13.9. The van der Waals surface area contributed by atoms with Crippen LogP contribution in [0, 0.1) is 11.3 Å². The molecule has 108 valence electrons. The van der Waals surface area contributed by atoms with Crippen molar-refractivity contribution in [2.24, 2.45) is 11.3 Å². The molecule has 0 saturated heterocycles. The van der Waals surface area contributed by atoms with Crippen LogP contribution in [0.1, 0.15) is 44.9 Å². The van der Waals surface area contributed by atoms with Crippen molar-refractivity contribution in [3.8, 4) is 0 Å². The largest absolute Gasteiger partial charge is 0.481 e. The lowest BCUT2D eigenvalue weighted by molar-refractivity contribution is -0.150. The number of amides is 2. The van der Waals surface area contributed by atoms with Crippen molar-refractivity contribution >= 4 is 12.0 Å². The summed E-state index contributed by atoms with van der Waals surface area (Å²) in [5, 5.41) is 12.2. The van der Waals surface area contributed by atoms with Crippen LogP contribution in [0.25, 0.3) is 0 Å². The molecule has 0 radical (unpaired) electrons. The Labute approximate surface area is 114 Å². The molecule has 0 aromatic rings. The van der Waals surface area contributed by atoms with Crippen molar-refractivity contribution in [2.75, 3.05) is 20.1 Å². The minimum absolute atomic E-state index is 0.141. The van der Waals surface area contributed by atoms with Gasteiger partial charge in [0.25, 0.3) is 0 Å². The Kier molecular flexibility index (Phi) is 4.32. The van der Waals surface area contributed by atoms with E-state index in [1.54, 1.807) is 11.9 Å². The standard InChI is InChI=1S/C14H24N2O3/c1-16(9-11-5-6-11)13(19)15-10-14(12(17)18)7-3-2-4-8-14/h11H,2-10H2,1H3,(H,15,19)(H,17,18). The van der Waals surface area contributed by atoms with Gasteiger partial charge in [0.2, 0.25) is 0 Å². The molecular formula is C14H24N2O3. The molecule has 2 saturated carbocycles. The lowest BCUT2D eigenvalue weighted by atomic mass is 9.74. The monoisotopic (exact) mass is 268 g/mol. The van der Waals surface area contributed by atoms with E-state index in [9.17, 15) is 14.7 Å². The third-order valence-corrected chi connectivity index (χ3v) is 4.42. The first-order valence-electron chi connectivity index (χ1n) is 7.26. The summed E-state index contributed by atoms with van der Waals surface area (Å²) in [6.45, 7) is 1.04. The molecule has 0 unspecified atom stereocenters. The topological polar surface area (TPSA) is 69.6 Å². The van der Waals surface area contributed by atoms with Gasteiger partial charge < -0.3 is 15.3 Å². The molecule has 5 nitrogen and oxygen atoms in total. The van der Waals surface area contributed by atoms with Crippen LogP contribution in [-0.4, -0.2) is 42.1 Å². The number of carbonyl (C=O) groups is 2. The van der Waals surface area contributed by atoms with Crippen LogP contribution >= 0.6 is 0 Å². The lowest BCUT2D eigenvalue weighted by Crippen LogP contribution is -2.47. The Morgan fingerprint density at radius 1 is 1.26 bits per heavy atom. The molecule has 5 heteroatoms. The Morgan fingerprint density at radius 2 is 1.89 bits per heavy atom. The molecule has 0 aliphatic heterocycles. The average molecular weight is 268 g/mol. The average Bonchev–Trinajstić information content (AvgIpc) is 3.20. The Morgan fingerprint density at radius 3 is 2.42 bits per heavy atom. The molecule has 2 fully saturated rings. The van der Waals surface area contributed by atoms with E-state index in [2.05, 4.69) is 5.32 Å². The first-order valence-corrected chi connectivity index (χ1v) is 7.26. The molecule has 0 atom stereocenters. The van der Waals surface area contributed by atoms with Crippen molar-refractivity contribution < 1.29 is 14.7 Å². The van der Waals surface area contributed by atoms with Crippen LogP contribution in [0.5, 0.6) is 0 Å². The number of carbonyl (C=O) groups excluding carboxylic acids is 1. The summed E-state index contributed by atoms with van der Waals surface area (Å²) in [6.07, 6.45) is 6.75. The van der Waals surface area contributed by atoms with E-state index in [1.807, 2.05) is 0 Å². The van der Waals surface area contributed by atoms with Gasteiger partial charge in [0, 0.05) is 20.1 Å². The summed E-state index contributed by atoms with van der Waals surface area (Å²) < 4.78 is 0. The fourth-order valence-corrected chi connectivity index (χ4v) is 2.85. The molecule has 2 N–H and O–H groups in total. The lowest BCUT2D eigenvalue weighted by Gasteiger charge is -2.33. The van der Waals surface area contributed by atoms with Gasteiger partial charge in [-0.2, -0.15) is 0 Å². The number of urea groups is 1. The summed E-state index contributed by atoms with van der Waals surface area (Å²) in [5.74, 6) is -0.115. The SMILES string of the molecule is CN(CC1CC1)C(=O)NCC1(C(=O)O)CCCCC1. The van der Waals surface area contributed by atoms with E-state index in [0.717, 1.165) is 25.8 Å². The van der Waals surface area contributed by atoms with E-state index >= 15 is 0 Å². The Bertz CT molecular complexity index is 347. The predicted molar refractivity (Wildman–Crippen MR) is 71.9 cm³/mol. The summed E-state index contributed by atoms with van der Waals surface area (Å²) in [5.41, 5.74) is -0.742. The number of hydrogen-bond acceptors (Lipinski definition) is 2. The van der Waals surface area contributed by atoms with Crippen molar-refractivity contribution in [3.63, 3.8) is 0 Å². The number of rotatable bonds is 5. The van der Waals surface area contributed by atoms with Gasteiger partial charge in [0.15, 0.2) is 0 Å². The minimum atomic E-state index is -0.766. The molecule has 2 amide bonds. The minimum Gasteiger partial charge on any atom is -0.481 e. The number of nitrogens with one attached hydrogen (secondary N) is 1. The smallest absolute Gasteiger partial charge is 0.317 e. The van der Waals surface area contributed by atoms with Crippen molar-refractivity contribution in [2.45, 2.75) is 44.9 Å².